The van der Waals surface area contributed by atoms with Crippen LogP contribution >= 0.6 is 11.6 Å². The van der Waals surface area contributed by atoms with E-state index in [9.17, 15) is 5.11 Å². The second kappa shape index (κ2) is 6.90. The van der Waals surface area contributed by atoms with Crippen LogP contribution in [-0.2, 0) is 0 Å². The fourth-order valence-electron chi connectivity index (χ4n) is 4.56. The molecule has 3 heteroatoms. The highest BCUT2D eigenvalue weighted by atomic mass is 35.5. The zero-order chi connectivity index (χ0) is 15.6. The van der Waals surface area contributed by atoms with Crippen LogP contribution in [0.25, 0.3) is 0 Å². The highest BCUT2D eigenvalue weighted by molar-refractivity contribution is 6.30. The average Bonchev–Trinajstić information content (AvgIpc) is 2.91. The van der Waals surface area contributed by atoms with Crippen molar-refractivity contribution in [3.05, 3.63) is 34.9 Å². The monoisotopic (exact) mass is 321 g/mol. The fourth-order valence-corrected chi connectivity index (χ4v) is 4.76. The fraction of sp³-hybridized carbons (Fsp3) is 0.684. The lowest BCUT2D eigenvalue weighted by atomic mass is 9.69. The second-order valence-electron chi connectivity index (χ2n) is 7.45. The van der Waals surface area contributed by atoms with Crippen LogP contribution in [0.5, 0.6) is 0 Å². The highest BCUT2D eigenvalue weighted by Gasteiger charge is 2.40. The van der Waals surface area contributed by atoms with Crippen LogP contribution in [0.1, 0.15) is 69.3 Å². The summed E-state index contributed by atoms with van der Waals surface area (Å²) >= 11 is 6.21. The van der Waals surface area contributed by atoms with Gasteiger partial charge in [-0.1, -0.05) is 43.0 Å². The van der Waals surface area contributed by atoms with E-state index < -0.39 is 5.60 Å². The molecule has 3 N–H and O–H groups in total. The van der Waals surface area contributed by atoms with Crippen LogP contribution in [0.3, 0.4) is 0 Å². The van der Waals surface area contributed by atoms with Crippen molar-refractivity contribution < 1.29 is 5.11 Å². The molecule has 0 amide bonds. The first kappa shape index (κ1) is 16.3. The van der Waals surface area contributed by atoms with Gasteiger partial charge in [0, 0.05) is 17.0 Å². The van der Waals surface area contributed by atoms with Crippen molar-refractivity contribution in [3.8, 4) is 0 Å². The lowest BCUT2D eigenvalue weighted by molar-refractivity contribution is -0.0281. The van der Waals surface area contributed by atoms with Crippen LogP contribution in [0.4, 0.5) is 0 Å². The van der Waals surface area contributed by atoms with Gasteiger partial charge in [-0.25, -0.2) is 0 Å². The zero-order valence-corrected chi connectivity index (χ0v) is 14.1. The third-order valence-corrected chi connectivity index (χ3v) is 6.00. The molecule has 0 spiro atoms. The third kappa shape index (κ3) is 3.67. The first-order valence-corrected chi connectivity index (χ1v) is 9.18. The van der Waals surface area contributed by atoms with Crippen LogP contribution < -0.4 is 5.73 Å². The summed E-state index contributed by atoms with van der Waals surface area (Å²) < 4.78 is 0. The Balaban J connectivity index is 1.84. The number of hydrogen-bond donors (Lipinski definition) is 2. The molecule has 0 aromatic heterocycles. The van der Waals surface area contributed by atoms with Gasteiger partial charge in [0.15, 0.2) is 0 Å². The molecule has 1 aromatic rings. The molecule has 2 fully saturated rings. The minimum Gasteiger partial charge on any atom is -0.389 e. The first-order valence-electron chi connectivity index (χ1n) is 8.80. The van der Waals surface area contributed by atoms with Gasteiger partial charge in [-0.3, -0.25) is 0 Å². The summed E-state index contributed by atoms with van der Waals surface area (Å²) in [6.45, 7) is 0. The predicted octanol–water partition coefficient (Wildman–Crippen LogP) is 4.64. The van der Waals surface area contributed by atoms with Gasteiger partial charge in [-0.2, -0.15) is 0 Å². The summed E-state index contributed by atoms with van der Waals surface area (Å²) in [6, 6.07) is 8.47. The molecule has 0 bridgehead atoms. The van der Waals surface area contributed by atoms with E-state index >= 15 is 0 Å². The minimum atomic E-state index is -0.560. The normalized spacial score (nSPS) is 29.4. The number of aliphatic hydroxyl groups is 1. The Bertz CT molecular complexity index is 498. The summed E-state index contributed by atoms with van der Waals surface area (Å²) in [4.78, 5) is 0. The molecule has 122 valence electrons. The van der Waals surface area contributed by atoms with Crippen molar-refractivity contribution in [2.75, 3.05) is 0 Å². The summed E-state index contributed by atoms with van der Waals surface area (Å²) in [5.41, 5.74) is 6.74. The topological polar surface area (TPSA) is 46.2 Å². The van der Waals surface area contributed by atoms with Gasteiger partial charge in [-0.05, 0) is 62.1 Å². The van der Waals surface area contributed by atoms with Crippen LogP contribution in [0.2, 0.25) is 5.02 Å². The maximum Gasteiger partial charge on any atom is 0.0716 e. The van der Waals surface area contributed by atoms with Gasteiger partial charge in [0.25, 0.3) is 0 Å². The van der Waals surface area contributed by atoms with Gasteiger partial charge in [0.2, 0.25) is 0 Å². The van der Waals surface area contributed by atoms with Crippen molar-refractivity contribution in [3.63, 3.8) is 0 Å². The number of hydrogen-bond acceptors (Lipinski definition) is 2. The second-order valence-corrected chi connectivity index (χ2v) is 7.88. The number of benzene rings is 1. The van der Waals surface area contributed by atoms with Crippen molar-refractivity contribution in [2.45, 2.75) is 75.3 Å². The van der Waals surface area contributed by atoms with E-state index in [1.54, 1.807) is 0 Å². The molecule has 2 saturated carbocycles. The van der Waals surface area contributed by atoms with Crippen LogP contribution in [0.15, 0.2) is 24.3 Å². The lowest BCUT2D eigenvalue weighted by Crippen LogP contribution is -2.39. The number of rotatable bonds is 4. The SMILES string of the molecule is N[C@H]1CCC(C[C@H](c2cccc(Cl)c2)C2(O)CCCCC2)C1. The molecule has 0 aliphatic heterocycles. The van der Waals surface area contributed by atoms with Crippen LogP contribution in [-0.4, -0.2) is 16.7 Å². The summed E-state index contributed by atoms with van der Waals surface area (Å²) in [5.74, 6) is 0.840. The van der Waals surface area contributed by atoms with E-state index in [0.29, 0.717) is 12.0 Å². The molecule has 0 heterocycles. The highest BCUT2D eigenvalue weighted by Crippen LogP contribution is 2.45. The summed E-state index contributed by atoms with van der Waals surface area (Å²) in [7, 11) is 0. The molecular formula is C19H28ClNO. The van der Waals surface area contributed by atoms with Crippen molar-refractivity contribution in [2.24, 2.45) is 11.7 Å². The van der Waals surface area contributed by atoms with Gasteiger partial charge in [-0.15, -0.1) is 0 Å². The van der Waals surface area contributed by atoms with E-state index in [-0.39, 0.29) is 5.92 Å². The molecule has 3 rings (SSSR count). The Hall–Kier alpha value is -0.570. The quantitative estimate of drug-likeness (QED) is 0.848. The molecule has 0 radical (unpaired) electrons. The smallest absolute Gasteiger partial charge is 0.0716 e. The molecule has 2 aliphatic rings. The predicted molar refractivity (Wildman–Crippen MR) is 92.2 cm³/mol. The molecule has 2 nitrogen and oxygen atoms in total. The molecule has 3 atom stereocenters. The lowest BCUT2D eigenvalue weighted by Gasteiger charge is -2.41. The Morgan fingerprint density at radius 3 is 2.64 bits per heavy atom. The Kier molecular flexibility index (Phi) is 5.11. The van der Waals surface area contributed by atoms with Gasteiger partial charge < -0.3 is 10.8 Å². The van der Waals surface area contributed by atoms with Gasteiger partial charge in [0.05, 0.1) is 5.60 Å². The van der Waals surface area contributed by atoms with E-state index in [4.69, 9.17) is 17.3 Å². The maximum absolute atomic E-state index is 11.3. The molecule has 1 unspecified atom stereocenters. The van der Waals surface area contributed by atoms with Crippen molar-refractivity contribution in [1.29, 1.82) is 0 Å². The molecule has 0 saturated heterocycles. The third-order valence-electron chi connectivity index (χ3n) is 5.77. The standard InChI is InChI=1S/C19H28ClNO/c20-16-6-4-5-15(13-16)18(12-14-7-8-17(21)11-14)19(22)9-2-1-3-10-19/h4-6,13-14,17-18,22H,1-3,7-12,21H2/t14?,17-,18+/m0/s1. The van der Waals surface area contributed by atoms with E-state index in [1.807, 2.05) is 18.2 Å². The Morgan fingerprint density at radius 2 is 2.00 bits per heavy atom. The maximum atomic E-state index is 11.3. The van der Waals surface area contributed by atoms with E-state index in [0.717, 1.165) is 50.0 Å². The van der Waals surface area contributed by atoms with E-state index in [1.165, 1.54) is 18.4 Å². The zero-order valence-electron chi connectivity index (χ0n) is 13.3. The van der Waals surface area contributed by atoms with Crippen molar-refractivity contribution >= 4 is 11.6 Å². The Labute approximate surface area is 139 Å². The molecule has 1 aromatic carbocycles. The van der Waals surface area contributed by atoms with Crippen LogP contribution in [0, 0.1) is 5.92 Å². The number of nitrogens with two attached hydrogens (primary N) is 1. The molecule has 2 aliphatic carbocycles. The Morgan fingerprint density at radius 1 is 1.23 bits per heavy atom. The minimum absolute atomic E-state index is 0.196. The summed E-state index contributed by atoms with van der Waals surface area (Å²) in [6.07, 6.45) is 9.84. The average molecular weight is 322 g/mol. The number of halogens is 1. The van der Waals surface area contributed by atoms with Gasteiger partial charge >= 0.3 is 0 Å². The van der Waals surface area contributed by atoms with Crippen molar-refractivity contribution in [1.82, 2.24) is 0 Å². The first-order chi connectivity index (χ1) is 10.6. The van der Waals surface area contributed by atoms with E-state index in [2.05, 4.69) is 6.07 Å². The molecule has 22 heavy (non-hydrogen) atoms. The van der Waals surface area contributed by atoms with Gasteiger partial charge in [0.1, 0.15) is 0 Å². The summed E-state index contributed by atoms with van der Waals surface area (Å²) in [5, 5.41) is 12.1. The molecular weight excluding hydrogens is 294 g/mol. The largest absolute Gasteiger partial charge is 0.389 e.